The van der Waals surface area contributed by atoms with E-state index in [1.165, 1.54) is 6.07 Å². The monoisotopic (exact) mass is 254 g/mol. The summed E-state index contributed by atoms with van der Waals surface area (Å²) in [7, 11) is 0. The van der Waals surface area contributed by atoms with Crippen molar-refractivity contribution in [3.05, 3.63) is 65.5 Å². The number of hydrogen-bond acceptors (Lipinski definition) is 2. The molecule has 2 aromatic rings. The lowest BCUT2D eigenvalue weighted by atomic mass is 10.0. The molecule has 1 unspecified atom stereocenters. The second-order valence-electron chi connectivity index (χ2n) is 4.41. The fourth-order valence-corrected chi connectivity index (χ4v) is 1.98. The van der Waals surface area contributed by atoms with Gasteiger partial charge < -0.3 is 5.32 Å². The van der Waals surface area contributed by atoms with Crippen LogP contribution in [0.15, 0.2) is 48.5 Å². The Balaban J connectivity index is 2.12. The van der Waals surface area contributed by atoms with Crippen LogP contribution in [0.5, 0.6) is 0 Å². The Morgan fingerprint density at radius 3 is 2.53 bits per heavy atom. The first kappa shape index (κ1) is 13.1. The molecule has 0 amide bonds. The molecule has 0 heterocycles. The minimum Gasteiger partial charge on any atom is -0.381 e. The number of aryl methyl sites for hydroxylation is 1. The van der Waals surface area contributed by atoms with E-state index >= 15 is 0 Å². The van der Waals surface area contributed by atoms with Crippen LogP contribution >= 0.6 is 0 Å². The molecule has 1 N–H and O–H groups in total. The zero-order valence-electron chi connectivity index (χ0n) is 10.7. The third-order valence-electron chi connectivity index (χ3n) is 3.06. The van der Waals surface area contributed by atoms with Crippen molar-refractivity contribution in [1.82, 2.24) is 0 Å². The van der Waals surface area contributed by atoms with E-state index in [4.69, 9.17) is 0 Å². The van der Waals surface area contributed by atoms with E-state index in [1.807, 2.05) is 43.3 Å². The van der Waals surface area contributed by atoms with Gasteiger partial charge in [-0.2, -0.15) is 5.26 Å². The number of rotatable bonds is 4. The van der Waals surface area contributed by atoms with Crippen molar-refractivity contribution in [2.45, 2.75) is 12.8 Å². The van der Waals surface area contributed by atoms with E-state index in [1.54, 1.807) is 6.07 Å². The summed E-state index contributed by atoms with van der Waals surface area (Å²) < 4.78 is 13.7. The van der Waals surface area contributed by atoms with Gasteiger partial charge in [-0.15, -0.1) is 0 Å². The summed E-state index contributed by atoms with van der Waals surface area (Å²) in [6.07, 6.45) is 0. The number of para-hydroxylation sites is 1. The summed E-state index contributed by atoms with van der Waals surface area (Å²) in [6.45, 7) is 2.23. The minimum atomic E-state index is -0.291. The second kappa shape index (κ2) is 6.01. The standard InChI is InChI=1S/C16H15FN2/c1-12-6-5-9-15(17)16(12)19-11-14(10-18)13-7-3-2-4-8-13/h2-9,14,19H,11H2,1H3. The van der Waals surface area contributed by atoms with Crippen molar-refractivity contribution in [3.8, 4) is 6.07 Å². The molecule has 0 bridgehead atoms. The van der Waals surface area contributed by atoms with Crippen molar-refractivity contribution in [2.24, 2.45) is 0 Å². The largest absolute Gasteiger partial charge is 0.381 e. The van der Waals surface area contributed by atoms with Gasteiger partial charge in [-0.3, -0.25) is 0 Å². The first-order valence-electron chi connectivity index (χ1n) is 6.16. The molecule has 0 spiro atoms. The van der Waals surface area contributed by atoms with Gasteiger partial charge in [0.2, 0.25) is 0 Å². The van der Waals surface area contributed by atoms with Gasteiger partial charge >= 0.3 is 0 Å². The lowest BCUT2D eigenvalue weighted by Gasteiger charge is -2.14. The van der Waals surface area contributed by atoms with Crippen LogP contribution in [0.1, 0.15) is 17.0 Å². The molecule has 2 aromatic carbocycles. The Hall–Kier alpha value is -2.34. The highest BCUT2D eigenvalue weighted by molar-refractivity contribution is 5.52. The Morgan fingerprint density at radius 1 is 1.16 bits per heavy atom. The van der Waals surface area contributed by atoms with E-state index < -0.39 is 0 Å². The Kier molecular flexibility index (Phi) is 4.15. The van der Waals surface area contributed by atoms with Crippen LogP contribution in [-0.2, 0) is 0 Å². The number of nitrogens with zero attached hydrogens (tertiary/aromatic N) is 1. The van der Waals surface area contributed by atoms with Gasteiger partial charge in [0.05, 0.1) is 17.7 Å². The Morgan fingerprint density at radius 2 is 1.89 bits per heavy atom. The SMILES string of the molecule is Cc1cccc(F)c1NCC(C#N)c1ccccc1. The molecule has 0 fully saturated rings. The van der Waals surface area contributed by atoms with Crippen LogP contribution in [0, 0.1) is 24.1 Å². The minimum absolute atomic E-state index is 0.287. The predicted octanol–water partition coefficient (Wildman–Crippen LogP) is 3.85. The van der Waals surface area contributed by atoms with Crippen LogP contribution in [0.2, 0.25) is 0 Å². The van der Waals surface area contributed by atoms with Gasteiger partial charge in [0, 0.05) is 6.54 Å². The van der Waals surface area contributed by atoms with Gasteiger partial charge in [0.15, 0.2) is 0 Å². The van der Waals surface area contributed by atoms with Crippen molar-refractivity contribution in [1.29, 1.82) is 5.26 Å². The zero-order chi connectivity index (χ0) is 13.7. The zero-order valence-corrected chi connectivity index (χ0v) is 10.7. The Bertz CT molecular complexity index is 567. The lowest BCUT2D eigenvalue weighted by Crippen LogP contribution is -2.12. The molecule has 96 valence electrons. The molecule has 2 nitrogen and oxygen atoms in total. The number of hydrogen-bond donors (Lipinski definition) is 1. The third-order valence-corrected chi connectivity index (χ3v) is 3.06. The molecule has 0 aliphatic heterocycles. The molecule has 3 heteroatoms. The van der Waals surface area contributed by atoms with Crippen molar-refractivity contribution in [3.63, 3.8) is 0 Å². The maximum Gasteiger partial charge on any atom is 0.146 e. The summed E-state index contributed by atoms with van der Waals surface area (Å²) in [5.74, 6) is -0.579. The molecule has 0 aliphatic carbocycles. The molecule has 0 aliphatic rings. The molecular weight excluding hydrogens is 239 g/mol. The number of benzene rings is 2. The molecule has 0 radical (unpaired) electrons. The lowest BCUT2D eigenvalue weighted by molar-refractivity contribution is 0.628. The van der Waals surface area contributed by atoms with Crippen LogP contribution in [0.4, 0.5) is 10.1 Å². The van der Waals surface area contributed by atoms with E-state index in [0.717, 1.165) is 11.1 Å². The first-order valence-corrected chi connectivity index (χ1v) is 6.16. The molecule has 2 rings (SSSR count). The molecule has 0 saturated carbocycles. The second-order valence-corrected chi connectivity index (χ2v) is 4.41. The molecular formula is C16H15FN2. The normalized spacial score (nSPS) is 11.6. The summed E-state index contributed by atoms with van der Waals surface area (Å²) in [5, 5.41) is 12.2. The van der Waals surface area contributed by atoms with E-state index in [0.29, 0.717) is 12.2 Å². The van der Waals surface area contributed by atoms with Crippen LogP contribution in [-0.4, -0.2) is 6.54 Å². The molecule has 0 saturated heterocycles. The maximum absolute atomic E-state index is 13.7. The highest BCUT2D eigenvalue weighted by Gasteiger charge is 2.12. The van der Waals surface area contributed by atoms with Gasteiger partial charge in [0.25, 0.3) is 0 Å². The quantitative estimate of drug-likeness (QED) is 0.899. The number of anilines is 1. The van der Waals surface area contributed by atoms with Crippen molar-refractivity contribution >= 4 is 5.69 Å². The van der Waals surface area contributed by atoms with Crippen molar-refractivity contribution < 1.29 is 4.39 Å². The average Bonchev–Trinajstić information content (AvgIpc) is 2.43. The van der Waals surface area contributed by atoms with Gasteiger partial charge in [-0.05, 0) is 24.1 Å². The summed E-state index contributed by atoms with van der Waals surface area (Å²) >= 11 is 0. The van der Waals surface area contributed by atoms with Crippen LogP contribution < -0.4 is 5.32 Å². The first-order chi connectivity index (χ1) is 9.22. The topological polar surface area (TPSA) is 35.8 Å². The van der Waals surface area contributed by atoms with E-state index in [-0.39, 0.29) is 11.7 Å². The maximum atomic E-state index is 13.7. The number of nitrogens with one attached hydrogen (secondary N) is 1. The van der Waals surface area contributed by atoms with E-state index in [9.17, 15) is 9.65 Å². The van der Waals surface area contributed by atoms with E-state index in [2.05, 4.69) is 11.4 Å². The fourth-order valence-electron chi connectivity index (χ4n) is 1.98. The summed E-state index contributed by atoms with van der Waals surface area (Å²) in [5.41, 5.74) is 2.25. The fraction of sp³-hybridized carbons (Fsp3) is 0.188. The highest BCUT2D eigenvalue weighted by atomic mass is 19.1. The Labute approximate surface area is 112 Å². The van der Waals surface area contributed by atoms with Crippen LogP contribution in [0.25, 0.3) is 0 Å². The highest BCUT2D eigenvalue weighted by Crippen LogP contribution is 2.21. The average molecular weight is 254 g/mol. The smallest absolute Gasteiger partial charge is 0.146 e. The number of nitriles is 1. The van der Waals surface area contributed by atoms with Crippen molar-refractivity contribution in [2.75, 3.05) is 11.9 Å². The van der Waals surface area contributed by atoms with Crippen LogP contribution in [0.3, 0.4) is 0 Å². The number of halogens is 1. The van der Waals surface area contributed by atoms with Gasteiger partial charge in [-0.1, -0.05) is 42.5 Å². The van der Waals surface area contributed by atoms with Gasteiger partial charge in [-0.25, -0.2) is 4.39 Å². The summed E-state index contributed by atoms with van der Waals surface area (Å²) in [4.78, 5) is 0. The molecule has 19 heavy (non-hydrogen) atoms. The predicted molar refractivity (Wildman–Crippen MR) is 74.4 cm³/mol. The molecule has 0 aromatic heterocycles. The molecule has 1 atom stereocenters. The summed E-state index contributed by atoms with van der Waals surface area (Å²) in [6, 6.07) is 16.7. The third kappa shape index (κ3) is 3.11. The van der Waals surface area contributed by atoms with Gasteiger partial charge in [0.1, 0.15) is 5.82 Å².